The molecule has 25 heavy (non-hydrogen) atoms. The van der Waals surface area contributed by atoms with Crippen molar-refractivity contribution in [1.29, 1.82) is 0 Å². The van der Waals surface area contributed by atoms with E-state index in [-0.39, 0.29) is 10.7 Å². The zero-order chi connectivity index (χ0) is 19.7. The Morgan fingerprint density at radius 3 is 1.88 bits per heavy atom. The summed E-state index contributed by atoms with van der Waals surface area (Å²) < 4.78 is 28.7. The van der Waals surface area contributed by atoms with Gasteiger partial charge in [0, 0.05) is 0 Å². The van der Waals surface area contributed by atoms with Crippen molar-refractivity contribution in [2.45, 2.75) is 76.0 Å². The number of nitrogens with one attached hydrogen (secondary N) is 1. The second kappa shape index (κ2) is 7.39. The third kappa shape index (κ3) is 6.10. The summed E-state index contributed by atoms with van der Waals surface area (Å²) in [6, 6.07) is 6.96. The molecule has 0 saturated carbocycles. The van der Waals surface area contributed by atoms with Crippen LogP contribution < -0.4 is 4.72 Å². The van der Waals surface area contributed by atoms with Crippen molar-refractivity contribution >= 4 is 26.2 Å². The minimum atomic E-state index is -3.59. The average Bonchev–Trinajstić information content (AvgIpc) is 2.41. The second-order valence-electron chi connectivity index (χ2n) is 9.36. The molecule has 0 aliphatic heterocycles. The highest BCUT2D eigenvalue weighted by Gasteiger charge is 2.43. The lowest BCUT2D eigenvalue weighted by Gasteiger charge is -2.41. The van der Waals surface area contributed by atoms with E-state index in [0.29, 0.717) is 4.90 Å². The van der Waals surface area contributed by atoms with Gasteiger partial charge in [0.25, 0.3) is 0 Å². The molecule has 0 aliphatic rings. The predicted octanol–water partition coefficient (Wildman–Crippen LogP) is 4.57. The van der Waals surface area contributed by atoms with Gasteiger partial charge in [0.15, 0.2) is 0 Å². The Morgan fingerprint density at radius 2 is 1.48 bits per heavy atom. The molecule has 0 bridgehead atoms. The Hall–Kier alpha value is -0.876. The molecule has 1 unspecified atom stereocenters. The topological polar surface area (TPSA) is 46.2 Å². The van der Waals surface area contributed by atoms with E-state index in [4.69, 9.17) is 0 Å². The van der Waals surface area contributed by atoms with Crippen LogP contribution >= 0.6 is 0 Å². The Bertz CT molecular complexity index is 759. The molecular formula is C19H33NO2SSi2. The first kappa shape index (κ1) is 22.2. The molecule has 1 N–H and O–H groups in total. The Labute approximate surface area is 156 Å². The van der Waals surface area contributed by atoms with Gasteiger partial charge in [-0.2, -0.15) is 4.72 Å². The lowest BCUT2D eigenvalue weighted by Crippen LogP contribution is -2.57. The third-order valence-electron chi connectivity index (χ3n) is 4.85. The number of aryl methyl sites for hydroxylation is 1. The van der Waals surface area contributed by atoms with Gasteiger partial charge in [0.2, 0.25) is 10.0 Å². The first-order chi connectivity index (χ1) is 11.1. The van der Waals surface area contributed by atoms with E-state index in [0.717, 1.165) is 5.56 Å². The Morgan fingerprint density at radius 1 is 1.00 bits per heavy atom. The summed E-state index contributed by atoms with van der Waals surface area (Å²) in [5.74, 6) is 3.33. The lowest BCUT2D eigenvalue weighted by atomic mass is 10.2. The van der Waals surface area contributed by atoms with Crippen LogP contribution in [0.15, 0.2) is 29.2 Å². The highest BCUT2D eigenvalue weighted by Crippen LogP contribution is 2.38. The first-order valence-electron chi connectivity index (χ1n) is 8.68. The standard InChI is InChI=1S/C19H33NO2SSi2/c1-16-10-12-17(13-11-16)23(21,22)20-18(14-15-24(5,6)7)25(8,9)19(2,3)4/h10-13,18,20H,1-9H3. The molecule has 1 aromatic carbocycles. The Kier molecular flexibility index (Phi) is 6.56. The summed E-state index contributed by atoms with van der Waals surface area (Å²) in [6.07, 6.45) is 0. The first-order valence-corrected chi connectivity index (χ1v) is 16.7. The van der Waals surface area contributed by atoms with Gasteiger partial charge in [0.05, 0.1) is 18.6 Å². The van der Waals surface area contributed by atoms with Gasteiger partial charge >= 0.3 is 0 Å². The summed E-state index contributed by atoms with van der Waals surface area (Å²) >= 11 is 0. The number of rotatable bonds is 4. The van der Waals surface area contributed by atoms with Crippen LogP contribution in [-0.2, 0) is 10.0 Å². The van der Waals surface area contributed by atoms with Crippen LogP contribution in [0, 0.1) is 18.4 Å². The predicted molar refractivity (Wildman–Crippen MR) is 114 cm³/mol. The molecule has 0 radical (unpaired) electrons. The number of hydrogen-bond donors (Lipinski definition) is 1. The van der Waals surface area contributed by atoms with E-state index in [1.807, 2.05) is 19.1 Å². The van der Waals surface area contributed by atoms with Gasteiger partial charge in [-0.1, -0.05) is 77.1 Å². The van der Waals surface area contributed by atoms with Crippen molar-refractivity contribution in [1.82, 2.24) is 4.72 Å². The monoisotopic (exact) mass is 395 g/mol. The van der Waals surface area contributed by atoms with Crippen molar-refractivity contribution in [2.24, 2.45) is 0 Å². The maximum absolute atomic E-state index is 12.9. The van der Waals surface area contributed by atoms with Crippen LogP contribution in [0.1, 0.15) is 26.3 Å². The van der Waals surface area contributed by atoms with Crippen molar-refractivity contribution < 1.29 is 8.42 Å². The number of hydrogen-bond acceptors (Lipinski definition) is 2. The molecule has 3 nitrogen and oxygen atoms in total. The van der Waals surface area contributed by atoms with E-state index in [9.17, 15) is 8.42 Å². The molecule has 0 aromatic heterocycles. The zero-order valence-electron chi connectivity index (χ0n) is 17.1. The minimum Gasteiger partial charge on any atom is -0.207 e. The lowest BCUT2D eigenvalue weighted by molar-refractivity contribution is 0.580. The van der Waals surface area contributed by atoms with E-state index in [1.54, 1.807) is 12.1 Å². The van der Waals surface area contributed by atoms with E-state index in [1.165, 1.54) is 0 Å². The average molecular weight is 396 g/mol. The van der Waals surface area contributed by atoms with Crippen molar-refractivity contribution in [3.05, 3.63) is 29.8 Å². The van der Waals surface area contributed by atoms with Gasteiger partial charge in [0.1, 0.15) is 8.07 Å². The molecule has 140 valence electrons. The smallest absolute Gasteiger partial charge is 0.207 e. The van der Waals surface area contributed by atoms with Crippen molar-refractivity contribution in [2.75, 3.05) is 0 Å². The van der Waals surface area contributed by atoms with E-state index < -0.39 is 26.2 Å². The third-order valence-corrected chi connectivity index (χ3v) is 13.0. The zero-order valence-corrected chi connectivity index (χ0v) is 19.9. The Balaban J connectivity index is 3.33. The van der Waals surface area contributed by atoms with Crippen LogP contribution in [0.2, 0.25) is 37.8 Å². The van der Waals surface area contributed by atoms with Crippen LogP contribution in [0.4, 0.5) is 0 Å². The fourth-order valence-electron chi connectivity index (χ4n) is 2.02. The highest BCUT2D eigenvalue weighted by molar-refractivity contribution is 7.89. The number of benzene rings is 1. The number of sulfonamides is 1. The molecule has 6 heteroatoms. The molecule has 0 spiro atoms. The van der Waals surface area contributed by atoms with E-state index >= 15 is 0 Å². The van der Waals surface area contributed by atoms with Gasteiger partial charge in [-0.15, -0.1) is 5.54 Å². The summed E-state index contributed by atoms with van der Waals surface area (Å²) in [5.41, 5.74) is 4.11. The van der Waals surface area contributed by atoms with Gasteiger partial charge in [-0.25, -0.2) is 8.42 Å². The minimum absolute atomic E-state index is 0.0293. The van der Waals surface area contributed by atoms with Crippen LogP contribution in [-0.4, -0.2) is 30.2 Å². The fraction of sp³-hybridized carbons (Fsp3) is 0.579. The van der Waals surface area contributed by atoms with Crippen LogP contribution in [0.5, 0.6) is 0 Å². The maximum atomic E-state index is 12.9. The van der Waals surface area contributed by atoms with Crippen LogP contribution in [0.3, 0.4) is 0 Å². The highest BCUT2D eigenvalue weighted by atomic mass is 32.2. The summed E-state index contributed by atoms with van der Waals surface area (Å²) in [5, 5.41) is 0.0293. The molecule has 0 heterocycles. The normalized spacial score (nSPS) is 14.6. The summed E-state index contributed by atoms with van der Waals surface area (Å²) in [7, 11) is -7.21. The molecule has 0 aliphatic carbocycles. The molecule has 0 saturated heterocycles. The largest absolute Gasteiger partial charge is 0.241 e. The molecule has 0 fully saturated rings. The van der Waals surface area contributed by atoms with Crippen LogP contribution in [0.25, 0.3) is 0 Å². The second-order valence-corrected chi connectivity index (χ2v) is 21.3. The molecule has 1 aromatic rings. The SMILES string of the molecule is Cc1ccc(S(=O)(=O)NC(C#C[Si](C)(C)C)[Si](C)(C)C(C)(C)C)cc1. The maximum Gasteiger partial charge on any atom is 0.241 e. The molecule has 1 atom stereocenters. The van der Waals surface area contributed by atoms with Gasteiger partial charge in [-0.05, 0) is 24.1 Å². The summed E-state index contributed by atoms with van der Waals surface area (Å²) in [6.45, 7) is 19.5. The molecule has 0 amide bonds. The van der Waals surface area contributed by atoms with E-state index in [2.05, 4.69) is 69.7 Å². The van der Waals surface area contributed by atoms with Crippen molar-refractivity contribution in [3.8, 4) is 11.5 Å². The molecular weight excluding hydrogens is 362 g/mol. The van der Waals surface area contributed by atoms with Gasteiger partial charge < -0.3 is 0 Å². The summed E-state index contributed by atoms with van der Waals surface area (Å²) in [4.78, 5) is 0.302. The quantitative estimate of drug-likeness (QED) is 0.599. The van der Waals surface area contributed by atoms with Gasteiger partial charge in [-0.3, -0.25) is 0 Å². The van der Waals surface area contributed by atoms with Crippen molar-refractivity contribution in [3.63, 3.8) is 0 Å². The molecule has 1 rings (SSSR count). The fourth-order valence-corrected chi connectivity index (χ4v) is 6.68.